The molecule has 0 saturated heterocycles. The Balaban J connectivity index is 1.80. The largest absolute Gasteiger partial charge is 0.421 e. The van der Waals surface area contributed by atoms with Crippen molar-refractivity contribution in [2.24, 2.45) is 0 Å². The zero-order valence-electron chi connectivity index (χ0n) is 16.7. The molecule has 0 saturated carbocycles. The van der Waals surface area contributed by atoms with Crippen LogP contribution in [-0.4, -0.2) is 25.9 Å². The highest BCUT2D eigenvalue weighted by Gasteiger charge is 2.34. The Morgan fingerprint density at radius 3 is 2.38 bits per heavy atom. The lowest BCUT2D eigenvalue weighted by molar-refractivity contribution is -0.139. The fraction of sp³-hybridized carbons (Fsp3) is 0.143. The third-order valence-electron chi connectivity index (χ3n) is 4.54. The molecule has 0 unspecified atom stereocenters. The quantitative estimate of drug-likeness (QED) is 0.605. The van der Waals surface area contributed by atoms with Crippen LogP contribution in [0.3, 0.4) is 0 Å². The van der Waals surface area contributed by atoms with Gasteiger partial charge in [0.05, 0.1) is 10.6 Å². The Kier molecular flexibility index (Phi) is 6.40. The van der Waals surface area contributed by atoms with Gasteiger partial charge in [-0.05, 0) is 42.5 Å². The van der Waals surface area contributed by atoms with Crippen molar-refractivity contribution in [3.05, 3.63) is 88.8 Å². The number of hydrogen-bond acceptors (Lipinski definition) is 4. The van der Waals surface area contributed by atoms with E-state index in [1.54, 1.807) is 30.3 Å². The van der Waals surface area contributed by atoms with Crippen molar-refractivity contribution in [2.45, 2.75) is 17.6 Å². The first-order chi connectivity index (χ1) is 15.0. The zero-order chi connectivity index (χ0) is 23.5. The Labute approximate surface area is 181 Å². The van der Waals surface area contributed by atoms with Crippen LogP contribution >= 0.6 is 0 Å². The molecular weight excluding hydrogens is 447 g/mol. The van der Waals surface area contributed by atoms with E-state index in [2.05, 4.69) is 5.32 Å². The lowest BCUT2D eigenvalue weighted by atomic mass is 10.2. The molecule has 3 aromatic rings. The molecule has 0 aliphatic rings. The van der Waals surface area contributed by atoms with E-state index in [0.717, 1.165) is 16.6 Å². The first-order valence-corrected chi connectivity index (χ1v) is 10.6. The summed E-state index contributed by atoms with van der Waals surface area (Å²) < 4.78 is 66.2. The number of amides is 1. The predicted molar refractivity (Wildman–Crippen MR) is 113 cm³/mol. The summed E-state index contributed by atoms with van der Waals surface area (Å²) in [5, 5.41) is 2.40. The number of aromatic nitrogens is 1. The van der Waals surface area contributed by atoms with Gasteiger partial charge in [0, 0.05) is 18.9 Å². The second-order valence-corrected chi connectivity index (χ2v) is 8.71. The lowest BCUT2D eigenvalue weighted by Gasteiger charge is -2.20. The average molecular weight is 465 g/mol. The molecule has 1 aromatic heterocycles. The van der Waals surface area contributed by atoms with Crippen LogP contribution in [0.5, 0.6) is 0 Å². The second kappa shape index (κ2) is 8.87. The van der Waals surface area contributed by atoms with Gasteiger partial charge in [-0.2, -0.15) is 13.2 Å². The van der Waals surface area contributed by atoms with E-state index in [1.807, 2.05) is 0 Å². The fourth-order valence-electron chi connectivity index (χ4n) is 2.90. The molecule has 0 radical (unpaired) electrons. The van der Waals surface area contributed by atoms with E-state index in [4.69, 9.17) is 0 Å². The molecule has 0 bridgehead atoms. The van der Waals surface area contributed by atoms with Gasteiger partial charge in [-0.25, -0.2) is 8.42 Å². The topological polar surface area (TPSA) is 88.5 Å². The third kappa shape index (κ3) is 4.99. The maximum atomic E-state index is 12.9. The van der Waals surface area contributed by atoms with E-state index in [-0.39, 0.29) is 10.6 Å². The van der Waals surface area contributed by atoms with Gasteiger partial charge in [0.2, 0.25) is 5.91 Å². The molecule has 1 amide bonds. The molecule has 0 aliphatic heterocycles. The Bertz CT molecular complexity index is 1290. The smallest absolute Gasteiger partial charge is 0.324 e. The molecule has 0 aliphatic carbocycles. The highest BCUT2D eigenvalue weighted by Crippen LogP contribution is 2.26. The van der Waals surface area contributed by atoms with Crippen LogP contribution < -0.4 is 15.2 Å². The number of nitrogens with zero attached hydrogens (tertiary/aromatic N) is 2. The van der Waals surface area contributed by atoms with Gasteiger partial charge >= 0.3 is 6.18 Å². The molecule has 1 N–H and O–H groups in total. The SMILES string of the molecule is CN(c1ccccc1)S(=O)(=O)c1cccc(NC(=O)Cn2cccc(C(F)(F)F)c2=O)c1. The molecule has 3 rings (SSSR count). The van der Waals surface area contributed by atoms with Crippen molar-refractivity contribution in [1.82, 2.24) is 4.57 Å². The highest BCUT2D eigenvalue weighted by atomic mass is 32.2. The number of benzene rings is 2. The second-order valence-electron chi connectivity index (χ2n) is 6.74. The molecule has 7 nitrogen and oxygen atoms in total. The number of para-hydroxylation sites is 1. The lowest BCUT2D eigenvalue weighted by Crippen LogP contribution is -2.32. The average Bonchev–Trinajstić information content (AvgIpc) is 2.74. The number of halogens is 3. The standard InChI is InChI=1S/C21H18F3N3O4S/c1-26(16-8-3-2-4-9-16)32(30,31)17-10-5-7-15(13-17)25-19(28)14-27-12-6-11-18(20(27)29)21(22,23)24/h2-13H,14H2,1H3,(H,25,28). The molecule has 0 spiro atoms. The molecule has 0 fully saturated rings. The minimum atomic E-state index is -4.84. The van der Waals surface area contributed by atoms with Crippen LogP contribution in [0.2, 0.25) is 0 Å². The number of sulfonamides is 1. The van der Waals surface area contributed by atoms with Gasteiger partial charge in [0.1, 0.15) is 12.1 Å². The van der Waals surface area contributed by atoms with Gasteiger partial charge in [0.15, 0.2) is 0 Å². The van der Waals surface area contributed by atoms with E-state index in [1.165, 1.54) is 31.3 Å². The minimum absolute atomic E-state index is 0.0992. The minimum Gasteiger partial charge on any atom is -0.324 e. The van der Waals surface area contributed by atoms with Crippen LogP contribution in [0, 0.1) is 0 Å². The molecule has 32 heavy (non-hydrogen) atoms. The number of hydrogen-bond donors (Lipinski definition) is 1. The van der Waals surface area contributed by atoms with Gasteiger partial charge in [-0.15, -0.1) is 0 Å². The van der Waals surface area contributed by atoms with Crippen LogP contribution in [-0.2, 0) is 27.5 Å². The molecule has 168 valence electrons. The summed E-state index contributed by atoms with van der Waals surface area (Å²) in [6.45, 7) is -0.677. The predicted octanol–water partition coefficient (Wildman–Crippen LogP) is 3.33. The van der Waals surface area contributed by atoms with E-state index >= 15 is 0 Å². The molecule has 11 heteroatoms. The van der Waals surface area contributed by atoms with Crippen molar-refractivity contribution in [3.8, 4) is 0 Å². The monoisotopic (exact) mass is 465 g/mol. The summed E-state index contributed by atoms with van der Waals surface area (Å²) in [5.74, 6) is -0.794. The summed E-state index contributed by atoms with van der Waals surface area (Å²) in [4.78, 5) is 24.2. The summed E-state index contributed by atoms with van der Waals surface area (Å²) in [6.07, 6.45) is -3.78. The Morgan fingerprint density at radius 1 is 1.03 bits per heavy atom. The first-order valence-electron chi connectivity index (χ1n) is 9.21. The van der Waals surface area contributed by atoms with Crippen LogP contribution in [0.1, 0.15) is 5.56 Å². The van der Waals surface area contributed by atoms with Gasteiger partial charge in [0.25, 0.3) is 15.6 Å². The van der Waals surface area contributed by atoms with Gasteiger partial charge < -0.3 is 9.88 Å². The Morgan fingerprint density at radius 2 is 1.72 bits per heavy atom. The summed E-state index contributed by atoms with van der Waals surface area (Å²) in [5.41, 5.74) is -2.19. The summed E-state index contributed by atoms with van der Waals surface area (Å²) in [6, 6.07) is 15.4. The van der Waals surface area contributed by atoms with Crippen LogP contribution in [0.4, 0.5) is 24.5 Å². The maximum absolute atomic E-state index is 12.9. The Hall–Kier alpha value is -3.60. The van der Waals surface area contributed by atoms with Crippen molar-refractivity contribution in [1.29, 1.82) is 0 Å². The van der Waals surface area contributed by atoms with Crippen molar-refractivity contribution < 1.29 is 26.4 Å². The summed E-state index contributed by atoms with van der Waals surface area (Å²) in [7, 11) is -2.55. The normalized spacial score (nSPS) is 11.8. The van der Waals surface area contributed by atoms with Crippen molar-refractivity contribution in [3.63, 3.8) is 0 Å². The number of rotatable bonds is 6. The number of alkyl halides is 3. The number of carbonyl (C=O) groups excluding carboxylic acids is 1. The number of anilines is 2. The van der Waals surface area contributed by atoms with Crippen molar-refractivity contribution in [2.75, 3.05) is 16.7 Å². The number of nitrogens with one attached hydrogen (secondary N) is 1. The molecule has 2 aromatic carbocycles. The van der Waals surface area contributed by atoms with Crippen LogP contribution in [0.25, 0.3) is 0 Å². The highest BCUT2D eigenvalue weighted by molar-refractivity contribution is 7.92. The third-order valence-corrected chi connectivity index (χ3v) is 6.32. The fourth-order valence-corrected chi connectivity index (χ4v) is 4.14. The number of carbonyl (C=O) groups is 1. The van der Waals surface area contributed by atoms with E-state index < -0.39 is 39.8 Å². The molecule has 1 heterocycles. The van der Waals surface area contributed by atoms with Crippen LogP contribution in [0.15, 0.2) is 82.6 Å². The number of pyridine rings is 1. The zero-order valence-corrected chi connectivity index (χ0v) is 17.5. The van der Waals surface area contributed by atoms with Gasteiger partial charge in [-0.3, -0.25) is 13.9 Å². The van der Waals surface area contributed by atoms with Crippen molar-refractivity contribution >= 4 is 27.3 Å². The molecular formula is C21H18F3N3O4S. The maximum Gasteiger partial charge on any atom is 0.421 e. The summed E-state index contributed by atoms with van der Waals surface area (Å²) >= 11 is 0. The molecule has 0 atom stereocenters. The van der Waals surface area contributed by atoms with Gasteiger partial charge in [-0.1, -0.05) is 24.3 Å². The first kappa shape index (κ1) is 23.1. The van der Waals surface area contributed by atoms with E-state index in [9.17, 15) is 31.2 Å². The van der Waals surface area contributed by atoms with E-state index in [0.29, 0.717) is 16.3 Å².